The molecule has 0 N–H and O–H groups in total. The Balaban J connectivity index is 1.84. The minimum Gasteiger partial charge on any atom is -0.335 e. The van der Waals surface area contributed by atoms with Gasteiger partial charge in [0.25, 0.3) is 5.91 Å². The predicted molar refractivity (Wildman–Crippen MR) is 113 cm³/mol. The predicted octanol–water partition coefficient (Wildman–Crippen LogP) is 4.17. The van der Waals surface area contributed by atoms with Gasteiger partial charge in [-0.3, -0.25) is 14.5 Å². The minimum absolute atomic E-state index is 0.0602. The largest absolute Gasteiger partial charge is 0.335 e. The SMILES string of the molecule is Cc1nn(C)c2nc(-c3ccccc3)cc(C(=O)N(C)C(C)c3ccncc3)c12. The van der Waals surface area contributed by atoms with Crippen LogP contribution in [0, 0.1) is 6.92 Å². The molecule has 3 aromatic heterocycles. The molecule has 0 spiro atoms. The van der Waals surface area contributed by atoms with E-state index in [-0.39, 0.29) is 11.9 Å². The summed E-state index contributed by atoms with van der Waals surface area (Å²) in [5.41, 5.74) is 4.87. The zero-order chi connectivity index (χ0) is 20.5. The molecule has 1 aromatic carbocycles. The highest BCUT2D eigenvalue weighted by molar-refractivity contribution is 6.07. The monoisotopic (exact) mass is 385 g/mol. The molecule has 29 heavy (non-hydrogen) atoms. The fourth-order valence-electron chi connectivity index (χ4n) is 3.60. The van der Waals surface area contributed by atoms with Gasteiger partial charge >= 0.3 is 0 Å². The van der Waals surface area contributed by atoms with Crippen molar-refractivity contribution in [2.45, 2.75) is 19.9 Å². The number of amides is 1. The number of hydrogen-bond donors (Lipinski definition) is 0. The van der Waals surface area contributed by atoms with Crippen LogP contribution in [0.3, 0.4) is 0 Å². The maximum Gasteiger partial charge on any atom is 0.254 e. The molecule has 1 amide bonds. The van der Waals surface area contributed by atoms with Crippen molar-refractivity contribution in [2.75, 3.05) is 7.05 Å². The van der Waals surface area contributed by atoms with Crippen LogP contribution in [0.1, 0.15) is 34.6 Å². The van der Waals surface area contributed by atoms with Gasteiger partial charge in [0.05, 0.1) is 28.4 Å². The number of aromatic nitrogens is 4. The molecule has 4 rings (SSSR count). The van der Waals surface area contributed by atoms with Crippen LogP contribution in [-0.4, -0.2) is 37.6 Å². The van der Waals surface area contributed by atoms with Crippen molar-refractivity contribution in [3.05, 3.63) is 77.7 Å². The average Bonchev–Trinajstić information content (AvgIpc) is 3.06. The number of aryl methyl sites for hydroxylation is 2. The van der Waals surface area contributed by atoms with Gasteiger partial charge in [-0.25, -0.2) is 4.98 Å². The molecule has 146 valence electrons. The number of carbonyl (C=O) groups is 1. The molecule has 1 atom stereocenters. The summed E-state index contributed by atoms with van der Waals surface area (Å²) in [6, 6.07) is 15.5. The van der Waals surface area contributed by atoms with Crippen LogP contribution in [0.25, 0.3) is 22.3 Å². The van der Waals surface area contributed by atoms with Crippen molar-refractivity contribution in [3.8, 4) is 11.3 Å². The summed E-state index contributed by atoms with van der Waals surface area (Å²) in [6.07, 6.45) is 3.49. The standard InChI is InChI=1S/C23H23N5O/c1-15-21-19(23(29)27(3)16(2)17-10-12-24-13-11-17)14-20(18-8-6-5-7-9-18)25-22(21)28(4)26-15/h5-14,16H,1-4H3. The Morgan fingerprint density at radius 3 is 2.48 bits per heavy atom. The molecule has 0 aliphatic rings. The van der Waals surface area contributed by atoms with E-state index in [0.717, 1.165) is 27.9 Å². The normalized spacial score (nSPS) is 12.1. The Bertz CT molecular complexity index is 1170. The van der Waals surface area contributed by atoms with Crippen LogP contribution < -0.4 is 0 Å². The van der Waals surface area contributed by atoms with Crippen molar-refractivity contribution in [1.82, 2.24) is 24.6 Å². The van der Waals surface area contributed by atoms with Gasteiger partial charge in [0.2, 0.25) is 0 Å². The maximum absolute atomic E-state index is 13.6. The maximum atomic E-state index is 13.6. The summed E-state index contributed by atoms with van der Waals surface area (Å²) in [4.78, 5) is 24.2. The van der Waals surface area contributed by atoms with Gasteiger partial charge in [0, 0.05) is 32.1 Å². The molecule has 0 fully saturated rings. The first-order valence-electron chi connectivity index (χ1n) is 9.54. The number of nitrogens with zero attached hydrogens (tertiary/aromatic N) is 5. The fourth-order valence-corrected chi connectivity index (χ4v) is 3.60. The third-order valence-electron chi connectivity index (χ3n) is 5.36. The molecule has 0 aliphatic heterocycles. The Morgan fingerprint density at radius 1 is 1.10 bits per heavy atom. The van der Waals surface area contributed by atoms with Gasteiger partial charge in [-0.2, -0.15) is 5.10 Å². The highest BCUT2D eigenvalue weighted by Gasteiger charge is 2.24. The quantitative estimate of drug-likeness (QED) is 0.529. The summed E-state index contributed by atoms with van der Waals surface area (Å²) in [5, 5.41) is 5.30. The van der Waals surface area contributed by atoms with Crippen molar-refractivity contribution in [1.29, 1.82) is 0 Å². The Hall–Kier alpha value is -3.54. The molecule has 3 heterocycles. The van der Waals surface area contributed by atoms with Gasteiger partial charge in [0.15, 0.2) is 5.65 Å². The summed E-state index contributed by atoms with van der Waals surface area (Å²) < 4.78 is 1.74. The number of fused-ring (bicyclic) bond motifs is 1. The number of hydrogen-bond acceptors (Lipinski definition) is 4. The number of benzene rings is 1. The first-order valence-corrected chi connectivity index (χ1v) is 9.54. The van der Waals surface area contributed by atoms with E-state index in [2.05, 4.69) is 10.1 Å². The van der Waals surface area contributed by atoms with Crippen LogP contribution in [-0.2, 0) is 7.05 Å². The molecule has 0 saturated carbocycles. The average molecular weight is 385 g/mol. The lowest BCUT2D eigenvalue weighted by molar-refractivity contribution is 0.0744. The second-order valence-corrected chi connectivity index (χ2v) is 7.20. The lowest BCUT2D eigenvalue weighted by Gasteiger charge is -2.26. The Morgan fingerprint density at radius 2 is 1.79 bits per heavy atom. The summed E-state index contributed by atoms with van der Waals surface area (Å²) in [5.74, 6) is -0.0602. The van der Waals surface area contributed by atoms with Crippen molar-refractivity contribution in [2.24, 2.45) is 7.05 Å². The topological polar surface area (TPSA) is 63.9 Å². The molecular formula is C23H23N5O. The fraction of sp³-hybridized carbons (Fsp3) is 0.217. The van der Waals surface area contributed by atoms with Gasteiger partial charge < -0.3 is 4.90 Å². The Kier molecular flexibility index (Phi) is 4.84. The minimum atomic E-state index is -0.0918. The molecule has 0 saturated heterocycles. The van der Waals surface area contributed by atoms with E-state index in [1.54, 1.807) is 22.0 Å². The molecule has 0 radical (unpaired) electrons. The lowest BCUT2D eigenvalue weighted by atomic mass is 10.0. The number of pyridine rings is 2. The van der Waals surface area contributed by atoms with E-state index in [1.165, 1.54) is 0 Å². The van der Waals surface area contributed by atoms with E-state index < -0.39 is 0 Å². The van der Waals surface area contributed by atoms with E-state index in [4.69, 9.17) is 4.98 Å². The highest BCUT2D eigenvalue weighted by atomic mass is 16.2. The second kappa shape index (κ2) is 7.47. The molecule has 1 unspecified atom stereocenters. The molecule has 0 aliphatic carbocycles. The summed E-state index contributed by atoms with van der Waals surface area (Å²) in [7, 11) is 3.68. The third-order valence-corrected chi connectivity index (χ3v) is 5.36. The van der Waals surface area contributed by atoms with Crippen molar-refractivity contribution >= 4 is 16.9 Å². The van der Waals surface area contributed by atoms with Gasteiger partial charge in [0.1, 0.15) is 0 Å². The van der Waals surface area contributed by atoms with Gasteiger partial charge in [-0.1, -0.05) is 30.3 Å². The van der Waals surface area contributed by atoms with Gasteiger partial charge in [-0.15, -0.1) is 0 Å². The van der Waals surface area contributed by atoms with E-state index >= 15 is 0 Å². The summed E-state index contributed by atoms with van der Waals surface area (Å²) in [6.45, 7) is 3.93. The van der Waals surface area contributed by atoms with E-state index in [9.17, 15) is 4.79 Å². The lowest BCUT2D eigenvalue weighted by Crippen LogP contribution is -2.30. The third kappa shape index (κ3) is 3.38. The van der Waals surface area contributed by atoms with Gasteiger partial charge in [-0.05, 0) is 37.6 Å². The van der Waals surface area contributed by atoms with E-state index in [1.807, 2.05) is 76.5 Å². The van der Waals surface area contributed by atoms with E-state index in [0.29, 0.717) is 11.2 Å². The van der Waals surface area contributed by atoms with Crippen LogP contribution in [0.4, 0.5) is 0 Å². The van der Waals surface area contributed by atoms with Crippen LogP contribution in [0.15, 0.2) is 60.9 Å². The van der Waals surface area contributed by atoms with Crippen molar-refractivity contribution < 1.29 is 4.79 Å². The van der Waals surface area contributed by atoms with Crippen molar-refractivity contribution in [3.63, 3.8) is 0 Å². The molecule has 6 heteroatoms. The van der Waals surface area contributed by atoms with Crippen LogP contribution >= 0.6 is 0 Å². The number of carbonyl (C=O) groups excluding carboxylic acids is 1. The van der Waals surface area contributed by atoms with Crippen LogP contribution in [0.5, 0.6) is 0 Å². The molecule has 0 bridgehead atoms. The number of rotatable bonds is 4. The first-order chi connectivity index (χ1) is 14.0. The Labute approximate surface area is 169 Å². The zero-order valence-electron chi connectivity index (χ0n) is 17.0. The smallest absolute Gasteiger partial charge is 0.254 e. The highest BCUT2D eigenvalue weighted by Crippen LogP contribution is 2.29. The second-order valence-electron chi connectivity index (χ2n) is 7.20. The molecule has 6 nitrogen and oxygen atoms in total. The molecule has 4 aromatic rings. The zero-order valence-corrected chi connectivity index (χ0v) is 17.0. The molecular weight excluding hydrogens is 362 g/mol. The summed E-state index contributed by atoms with van der Waals surface area (Å²) >= 11 is 0. The first kappa shape index (κ1) is 18.8. The van der Waals surface area contributed by atoms with Crippen LogP contribution in [0.2, 0.25) is 0 Å².